The molecule has 0 unspecified atom stereocenters. The number of aromatic hydroxyl groups is 1. The number of aryl methyl sites for hydroxylation is 2. The maximum absolute atomic E-state index is 9.07. The van der Waals surface area contributed by atoms with E-state index in [0.29, 0.717) is 5.75 Å². The summed E-state index contributed by atoms with van der Waals surface area (Å²) in [7, 11) is 0. The van der Waals surface area contributed by atoms with Crippen LogP contribution in [0.15, 0.2) is 18.2 Å². The van der Waals surface area contributed by atoms with Crippen LogP contribution in [0.4, 0.5) is 0 Å². The van der Waals surface area contributed by atoms with E-state index in [9.17, 15) is 0 Å². The van der Waals surface area contributed by atoms with Crippen LogP contribution < -0.4 is 0 Å². The Morgan fingerprint density at radius 3 is 2.15 bits per heavy atom. The lowest BCUT2D eigenvalue weighted by Crippen LogP contribution is -1.83. The van der Waals surface area contributed by atoms with Crippen LogP contribution in [0, 0.1) is 6.92 Å². The fraction of sp³-hybridized carbons (Fsp3) is 0.455. The van der Waals surface area contributed by atoms with E-state index in [0.717, 1.165) is 6.42 Å². The smallest absolute Gasteiger partial charge is 0.115 e. The zero-order chi connectivity index (χ0) is 10.3. The molecular formula is C11H18O2. The third kappa shape index (κ3) is 4.53. The number of rotatable bonds is 1. The number of aliphatic hydroxyl groups is 1. The Morgan fingerprint density at radius 2 is 1.77 bits per heavy atom. The first-order valence-corrected chi connectivity index (χ1v) is 4.55. The lowest BCUT2D eigenvalue weighted by atomic mass is 10.1. The van der Waals surface area contributed by atoms with Gasteiger partial charge in [-0.05, 0) is 43.5 Å². The maximum Gasteiger partial charge on any atom is 0.115 e. The summed E-state index contributed by atoms with van der Waals surface area (Å²) in [5.41, 5.74) is 2.47. The third-order valence-corrected chi connectivity index (χ3v) is 1.71. The number of phenolic OH excluding ortho intramolecular Hbond substituents is 1. The summed E-state index contributed by atoms with van der Waals surface area (Å²) in [6.07, 6.45) is 0.986. The van der Waals surface area contributed by atoms with Gasteiger partial charge < -0.3 is 10.2 Å². The van der Waals surface area contributed by atoms with Gasteiger partial charge in [-0.15, -0.1) is 0 Å². The van der Waals surface area contributed by atoms with Gasteiger partial charge in [-0.25, -0.2) is 0 Å². The van der Waals surface area contributed by atoms with E-state index in [1.165, 1.54) is 11.1 Å². The van der Waals surface area contributed by atoms with Gasteiger partial charge in [0.15, 0.2) is 0 Å². The highest BCUT2D eigenvalue weighted by Crippen LogP contribution is 2.15. The van der Waals surface area contributed by atoms with Crippen molar-refractivity contribution in [2.45, 2.75) is 27.2 Å². The second-order valence-corrected chi connectivity index (χ2v) is 2.78. The molecule has 0 saturated carbocycles. The van der Waals surface area contributed by atoms with Crippen LogP contribution in [-0.4, -0.2) is 16.8 Å². The van der Waals surface area contributed by atoms with Gasteiger partial charge in [0.05, 0.1) is 0 Å². The van der Waals surface area contributed by atoms with Crippen LogP contribution in [0.1, 0.15) is 25.0 Å². The molecule has 0 bridgehead atoms. The summed E-state index contributed by atoms with van der Waals surface area (Å²) in [6.45, 7) is 6.07. The Balaban J connectivity index is 0.000000424. The van der Waals surface area contributed by atoms with E-state index >= 15 is 0 Å². The molecule has 13 heavy (non-hydrogen) atoms. The van der Waals surface area contributed by atoms with Crippen molar-refractivity contribution < 1.29 is 10.2 Å². The lowest BCUT2D eigenvalue weighted by molar-refractivity contribution is 0.318. The molecule has 2 N–H and O–H groups in total. The van der Waals surface area contributed by atoms with E-state index in [4.69, 9.17) is 10.2 Å². The van der Waals surface area contributed by atoms with Gasteiger partial charge in [-0.3, -0.25) is 0 Å². The van der Waals surface area contributed by atoms with Gasteiger partial charge in [0.25, 0.3) is 0 Å². The Bertz CT molecular complexity index is 244. The third-order valence-electron chi connectivity index (χ3n) is 1.71. The Kier molecular flexibility index (Phi) is 5.98. The fourth-order valence-electron chi connectivity index (χ4n) is 1.04. The van der Waals surface area contributed by atoms with Crippen LogP contribution >= 0.6 is 0 Å². The van der Waals surface area contributed by atoms with E-state index < -0.39 is 0 Å². The molecular weight excluding hydrogens is 164 g/mol. The van der Waals surface area contributed by atoms with Crippen molar-refractivity contribution in [2.24, 2.45) is 0 Å². The summed E-state index contributed by atoms with van der Waals surface area (Å²) in [5.74, 6) is 0.363. The van der Waals surface area contributed by atoms with Crippen LogP contribution in [0.2, 0.25) is 0 Å². The van der Waals surface area contributed by atoms with Gasteiger partial charge in [0.1, 0.15) is 5.75 Å². The molecule has 0 saturated heterocycles. The summed E-state index contributed by atoms with van der Waals surface area (Å²) in [5, 5.41) is 16.6. The molecule has 0 heterocycles. The van der Waals surface area contributed by atoms with Crippen molar-refractivity contribution in [3.05, 3.63) is 29.3 Å². The molecule has 74 valence electrons. The lowest BCUT2D eigenvalue weighted by Gasteiger charge is -2.01. The average Bonchev–Trinajstić information content (AvgIpc) is 2.10. The quantitative estimate of drug-likeness (QED) is 0.699. The first-order chi connectivity index (χ1) is 6.15. The van der Waals surface area contributed by atoms with Gasteiger partial charge in [-0.2, -0.15) is 0 Å². The number of phenols is 1. The molecule has 0 aliphatic carbocycles. The van der Waals surface area contributed by atoms with E-state index in [1.54, 1.807) is 13.0 Å². The number of hydrogen-bond acceptors (Lipinski definition) is 2. The molecule has 0 atom stereocenters. The van der Waals surface area contributed by atoms with Crippen molar-refractivity contribution in [1.29, 1.82) is 0 Å². The Morgan fingerprint density at radius 1 is 1.23 bits per heavy atom. The normalized spacial score (nSPS) is 8.92. The zero-order valence-corrected chi connectivity index (χ0v) is 8.54. The molecule has 0 fully saturated rings. The molecule has 0 radical (unpaired) electrons. The SMILES string of the molecule is CCO.CCc1cc(O)ccc1C. The first kappa shape index (κ1) is 12.0. The molecule has 0 amide bonds. The summed E-state index contributed by atoms with van der Waals surface area (Å²) >= 11 is 0. The van der Waals surface area contributed by atoms with E-state index in [-0.39, 0.29) is 6.61 Å². The van der Waals surface area contributed by atoms with Crippen LogP contribution in [-0.2, 0) is 6.42 Å². The largest absolute Gasteiger partial charge is 0.508 e. The monoisotopic (exact) mass is 182 g/mol. The predicted molar refractivity (Wildman–Crippen MR) is 55.0 cm³/mol. The minimum atomic E-state index is 0.250. The van der Waals surface area contributed by atoms with Crippen LogP contribution in [0.5, 0.6) is 5.75 Å². The van der Waals surface area contributed by atoms with Crippen LogP contribution in [0.25, 0.3) is 0 Å². The molecule has 1 rings (SSSR count). The molecule has 2 nitrogen and oxygen atoms in total. The van der Waals surface area contributed by atoms with Gasteiger partial charge in [0.2, 0.25) is 0 Å². The minimum absolute atomic E-state index is 0.250. The number of hydrogen-bond donors (Lipinski definition) is 2. The zero-order valence-electron chi connectivity index (χ0n) is 8.54. The minimum Gasteiger partial charge on any atom is -0.508 e. The fourth-order valence-corrected chi connectivity index (χ4v) is 1.04. The van der Waals surface area contributed by atoms with Crippen molar-refractivity contribution in [1.82, 2.24) is 0 Å². The topological polar surface area (TPSA) is 40.5 Å². The number of aliphatic hydroxyl groups excluding tert-OH is 1. The molecule has 2 heteroatoms. The van der Waals surface area contributed by atoms with E-state index in [2.05, 4.69) is 13.8 Å². The van der Waals surface area contributed by atoms with Crippen molar-refractivity contribution in [3.63, 3.8) is 0 Å². The molecule has 0 aliphatic rings. The van der Waals surface area contributed by atoms with Gasteiger partial charge >= 0.3 is 0 Å². The standard InChI is InChI=1S/C9H12O.C2H6O/c1-3-8-6-9(10)5-4-7(8)2;1-2-3/h4-6,10H,3H2,1-2H3;3H,2H2,1H3. The molecule has 1 aromatic rings. The van der Waals surface area contributed by atoms with Crippen LogP contribution in [0.3, 0.4) is 0 Å². The summed E-state index contributed by atoms with van der Waals surface area (Å²) in [4.78, 5) is 0. The highest BCUT2D eigenvalue weighted by molar-refractivity contribution is 5.33. The highest BCUT2D eigenvalue weighted by Gasteiger charge is 1.95. The van der Waals surface area contributed by atoms with Crippen molar-refractivity contribution >= 4 is 0 Å². The van der Waals surface area contributed by atoms with E-state index in [1.807, 2.05) is 12.1 Å². The first-order valence-electron chi connectivity index (χ1n) is 4.55. The average molecular weight is 182 g/mol. The summed E-state index contributed by atoms with van der Waals surface area (Å²) < 4.78 is 0. The molecule has 0 aliphatic heterocycles. The number of benzene rings is 1. The predicted octanol–water partition coefficient (Wildman–Crippen LogP) is 2.26. The second-order valence-electron chi connectivity index (χ2n) is 2.78. The van der Waals surface area contributed by atoms with Gasteiger partial charge in [-0.1, -0.05) is 13.0 Å². The van der Waals surface area contributed by atoms with Crippen molar-refractivity contribution in [3.8, 4) is 5.75 Å². The Labute approximate surface area is 79.9 Å². The highest BCUT2D eigenvalue weighted by atomic mass is 16.3. The molecule has 0 spiro atoms. The maximum atomic E-state index is 9.07. The summed E-state index contributed by atoms with van der Waals surface area (Å²) in [6, 6.07) is 5.47. The van der Waals surface area contributed by atoms with Gasteiger partial charge in [0, 0.05) is 6.61 Å². The van der Waals surface area contributed by atoms with Crippen molar-refractivity contribution in [2.75, 3.05) is 6.61 Å². The molecule has 1 aromatic carbocycles. The second kappa shape index (κ2) is 6.49. The Hall–Kier alpha value is -1.02. The molecule has 0 aromatic heterocycles.